The van der Waals surface area contributed by atoms with Gasteiger partial charge in [0, 0.05) is 11.3 Å². The van der Waals surface area contributed by atoms with Crippen LogP contribution in [0.25, 0.3) is 0 Å². The Morgan fingerprint density at radius 1 is 1.50 bits per heavy atom. The van der Waals surface area contributed by atoms with Crippen LogP contribution in [0.5, 0.6) is 0 Å². The number of carbonyl (C=O) groups is 2. The van der Waals surface area contributed by atoms with Crippen LogP contribution < -0.4 is 0 Å². The van der Waals surface area contributed by atoms with Gasteiger partial charge in [-0.15, -0.1) is 0 Å². The number of carboxylic acid groups (broad SMARTS) is 1. The maximum atomic E-state index is 10.8. The zero-order chi connectivity index (χ0) is 9.56. The van der Waals surface area contributed by atoms with Gasteiger partial charge in [0.15, 0.2) is 0 Å². The van der Waals surface area contributed by atoms with Crippen molar-refractivity contribution in [2.24, 2.45) is 0 Å². The van der Waals surface area contributed by atoms with Crippen molar-refractivity contribution >= 4 is 24.6 Å². The minimum atomic E-state index is -1.09. The highest BCUT2D eigenvalue weighted by atomic mass is 32.1. The summed E-state index contributed by atoms with van der Waals surface area (Å²) in [6.07, 6.45) is -0.384. The van der Waals surface area contributed by atoms with Crippen LogP contribution in [0.15, 0.2) is 12.2 Å². The Balaban J connectivity index is 3.77. The Morgan fingerprint density at radius 3 is 2.50 bits per heavy atom. The van der Waals surface area contributed by atoms with Gasteiger partial charge in [0.2, 0.25) is 0 Å². The van der Waals surface area contributed by atoms with Crippen molar-refractivity contribution < 1.29 is 19.4 Å². The smallest absolute Gasteiger partial charge is 0.334 e. The molecule has 5 heteroatoms. The van der Waals surface area contributed by atoms with Gasteiger partial charge in [-0.05, 0) is 0 Å². The number of thiol groups is 1. The molecule has 0 aromatic heterocycles. The first kappa shape index (κ1) is 11.0. The topological polar surface area (TPSA) is 63.6 Å². The minimum absolute atomic E-state index is 0.0516. The second-order valence-electron chi connectivity index (χ2n) is 2.03. The average Bonchev–Trinajstić information content (AvgIpc) is 1.98. The van der Waals surface area contributed by atoms with E-state index in [0.29, 0.717) is 5.75 Å². The van der Waals surface area contributed by atoms with Crippen molar-refractivity contribution in [2.45, 2.75) is 6.42 Å². The van der Waals surface area contributed by atoms with E-state index < -0.39 is 11.9 Å². The van der Waals surface area contributed by atoms with E-state index in [9.17, 15) is 9.59 Å². The highest BCUT2D eigenvalue weighted by molar-refractivity contribution is 7.80. The number of ether oxygens (including phenoxy) is 1. The van der Waals surface area contributed by atoms with Crippen LogP contribution in [0.2, 0.25) is 0 Å². The fraction of sp³-hybridized carbons (Fsp3) is 0.429. The molecule has 0 heterocycles. The summed E-state index contributed by atoms with van der Waals surface area (Å²) >= 11 is 3.81. The molecule has 0 aliphatic heterocycles. The van der Waals surface area contributed by atoms with E-state index in [-0.39, 0.29) is 18.6 Å². The summed E-state index contributed by atoms with van der Waals surface area (Å²) in [7, 11) is 0. The Morgan fingerprint density at radius 2 is 2.08 bits per heavy atom. The monoisotopic (exact) mass is 190 g/mol. The van der Waals surface area contributed by atoms with Crippen molar-refractivity contribution in [3.63, 3.8) is 0 Å². The molecule has 0 atom stereocenters. The normalized spacial score (nSPS) is 9.08. The fourth-order valence-corrected chi connectivity index (χ4v) is 0.586. The third-order valence-corrected chi connectivity index (χ3v) is 1.16. The summed E-state index contributed by atoms with van der Waals surface area (Å²) in [5, 5.41) is 8.27. The van der Waals surface area contributed by atoms with Crippen molar-refractivity contribution in [2.75, 3.05) is 12.4 Å². The predicted octanol–water partition coefficient (Wildman–Crippen LogP) is 0.490. The molecule has 68 valence electrons. The standard InChI is InChI=1S/C7H10O4S/c1-5(4-6(8)9)7(10)11-2-3-12/h12H,1-4H2,(H,8,9). The molecule has 0 saturated carbocycles. The first-order valence-electron chi connectivity index (χ1n) is 3.25. The van der Waals surface area contributed by atoms with E-state index in [1.165, 1.54) is 0 Å². The van der Waals surface area contributed by atoms with Crippen molar-refractivity contribution in [3.05, 3.63) is 12.2 Å². The van der Waals surface area contributed by atoms with Gasteiger partial charge in [-0.3, -0.25) is 4.79 Å². The van der Waals surface area contributed by atoms with Gasteiger partial charge in [-0.1, -0.05) is 6.58 Å². The lowest BCUT2D eigenvalue weighted by Crippen LogP contribution is -2.11. The summed E-state index contributed by atoms with van der Waals surface area (Å²) in [5.74, 6) is -1.36. The van der Waals surface area contributed by atoms with E-state index >= 15 is 0 Å². The lowest BCUT2D eigenvalue weighted by atomic mass is 10.2. The van der Waals surface area contributed by atoms with Crippen LogP contribution in [-0.4, -0.2) is 29.4 Å². The molecule has 0 amide bonds. The van der Waals surface area contributed by atoms with Gasteiger partial charge < -0.3 is 9.84 Å². The molecule has 0 aromatic carbocycles. The van der Waals surface area contributed by atoms with Gasteiger partial charge in [0.1, 0.15) is 6.61 Å². The number of rotatable bonds is 5. The van der Waals surface area contributed by atoms with E-state index in [1.807, 2.05) is 0 Å². The third kappa shape index (κ3) is 4.79. The zero-order valence-corrected chi connectivity index (χ0v) is 7.34. The predicted molar refractivity (Wildman–Crippen MR) is 46.2 cm³/mol. The van der Waals surface area contributed by atoms with Gasteiger partial charge in [-0.2, -0.15) is 12.6 Å². The average molecular weight is 190 g/mol. The highest BCUT2D eigenvalue weighted by Crippen LogP contribution is 2.00. The van der Waals surface area contributed by atoms with E-state index in [0.717, 1.165) is 0 Å². The maximum Gasteiger partial charge on any atom is 0.334 e. The molecule has 0 aromatic rings. The van der Waals surface area contributed by atoms with Crippen LogP contribution in [0.3, 0.4) is 0 Å². The van der Waals surface area contributed by atoms with E-state index in [2.05, 4.69) is 23.9 Å². The molecular weight excluding hydrogens is 180 g/mol. The third-order valence-electron chi connectivity index (χ3n) is 0.978. The van der Waals surface area contributed by atoms with Gasteiger partial charge >= 0.3 is 11.9 Å². The van der Waals surface area contributed by atoms with Gasteiger partial charge in [-0.25, -0.2) is 4.79 Å². The number of hydrogen-bond donors (Lipinski definition) is 2. The lowest BCUT2D eigenvalue weighted by molar-refractivity contribution is -0.142. The zero-order valence-electron chi connectivity index (χ0n) is 6.45. The van der Waals surface area contributed by atoms with Crippen molar-refractivity contribution in [3.8, 4) is 0 Å². The van der Waals surface area contributed by atoms with Crippen LogP contribution in [-0.2, 0) is 14.3 Å². The largest absolute Gasteiger partial charge is 0.481 e. The SMILES string of the molecule is C=C(CC(=O)O)C(=O)OCCS. The molecule has 0 aliphatic carbocycles. The van der Waals surface area contributed by atoms with Crippen molar-refractivity contribution in [1.82, 2.24) is 0 Å². The Kier molecular flexibility index (Phi) is 5.19. The molecule has 0 bridgehead atoms. The first-order chi connectivity index (χ1) is 5.57. The molecule has 0 spiro atoms. The summed E-state index contributed by atoms with van der Waals surface area (Å²) in [6.45, 7) is 3.43. The van der Waals surface area contributed by atoms with Crippen LogP contribution in [0.1, 0.15) is 6.42 Å². The van der Waals surface area contributed by atoms with E-state index in [4.69, 9.17) is 5.11 Å². The number of carboxylic acids is 1. The Bertz CT molecular complexity index is 200. The maximum absolute atomic E-state index is 10.8. The van der Waals surface area contributed by atoms with E-state index in [1.54, 1.807) is 0 Å². The fourth-order valence-electron chi connectivity index (χ4n) is 0.495. The van der Waals surface area contributed by atoms with Gasteiger partial charge in [0.25, 0.3) is 0 Å². The molecular formula is C7H10O4S. The summed E-state index contributed by atoms with van der Waals surface area (Å²) < 4.78 is 4.58. The molecule has 4 nitrogen and oxygen atoms in total. The molecule has 1 N–H and O–H groups in total. The number of aliphatic carboxylic acids is 1. The second-order valence-corrected chi connectivity index (χ2v) is 2.48. The second kappa shape index (κ2) is 5.65. The summed E-state index contributed by atoms with van der Waals surface area (Å²) in [6, 6.07) is 0. The summed E-state index contributed by atoms with van der Waals surface area (Å²) in [5.41, 5.74) is -0.0516. The quantitative estimate of drug-likeness (QED) is 0.376. The number of carbonyl (C=O) groups excluding carboxylic acids is 1. The molecule has 0 unspecified atom stereocenters. The summed E-state index contributed by atoms with van der Waals surface area (Å²) in [4.78, 5) is 20.9. The molecule has 0 fully saturated rings. The molecule has 0 saturated heterocycles. The van der Waals surface area contributed by atoms with Crippen LogP contribution >= 0.6 is 12.6 Å². The van der Waals surface area contributed by atoms with Crippen LogP contribution in [0, 0.1) is 0 Å². The Labute approximate surface area is 75.6 Å². The first-order valence-corrected chi connectivity index (χ1v) is 3.88. The minimum Gasteiger partial charge on any atom is -0.481 e. The highest BCUT2D eigenvalue weighted by Gasteiger charge is 2.11. The number of hydrogen-bond acceptors (Lipinski definition) is 4. The lowest BCUT2D eigenvalue weighted by Gasteiger charge is -2.02. The van der Waals surface area contributed by atoms with Gasteiger partial charge in [0.05, 0.1) is 6.42 Å². The molecule has 0 radical (unpaired) electrons. The Hall–Kier alpha value is -0.970. The van der Waals surface area contributed by atoms with Crippen LogP contribution in [0.4, 0.5) is 0 Å². The molecule has 0 aliphatic rings. The molecule has 12 heavy (non-hydrogen) atoms. The van der Waals surface area contributed by atoms with Crippen molar-refractivity contribution in [1.29, 1.82) is 0 Å². The number of esters is 1. The molecule has 0 rings (SSSR count).